The first-order valence-electron chi connectivity index (χ1n) is 6.68. The van der Waals surface area contributed by atoms with Crippen LogP contribution in [0.4, 0.5) is 4.39 Å². The molecule has 0 aliphatic rings. The maximum absolute atomic E-state index is 13.3. The first kappa shape index (κ1) is 15.5. The second-order valence-corrected chi connectivity index (χ2v) is 5.58. The van der Waals surface area contributed by atoms with E-state index in [0.717, 1.165) is 16.7 Å². The normalized spacial score (nSPS) is 12.1. The molecule has 0 radical (unpaired) electrons. The Labute approximate surface area is 128 Å². The van der Waals surface area contributed by atoms with Gasteiger partial charge in [-0.15, -0.1) is 0 Å². The smallest absolute Gasteiger partial charge is 0.307 e. The highest BCUT2D eigenvalue weighted by molar-refractivity contribution is 6.30. The summed E-state index contributed by atoms with van der Waals surface area (Å²) in [6, 6.07) is 11.6. The molecule has 0 aromatic heterocycles. The molecule has 0 saturated carbocycles. The van der Waals surface area contributed by atoms with Gasteiger partial charge in [0, 0.05) is 5.02 Å². The van der Waals surface area contributed by atoms with Crippen molar-refractivity contribution in [2.24, 2.45) is 5.92 Å². The predicted molar refractivity (Wildman–Crippen MR) is 81.1 cm³/mol. The standard InChI is InChI=1S/C17H16ClFO2/c1-11-5-6-16(19)10-13(11)9-14(17(20)21)7-12-3-2-4-15(18)8-12/h2-6,8,10,14H,7,9H2,1H3,(H,20,21). The monoisotopic (exact) mass is 306 g/mol. The number of carbonyl (C=O) groups is 1. The van der Waals surface area contributed by atoms with Crippen LogP contribution in [0.25, 0.3) is 0 Å². The molecule has 2 rings (SSSR count). The minimum Gasteiger partial charge on any atom is -0.481 e. The third kappa shape index (κ3) is 4.30. The summed E-state index contributed by atoms with van der Waals surface area (Å²) in [4.78, 5) is 11.5. The largest absolute Gasteiger partial charge is 0.481 e. The van der Waals surface area contributed by atoms with Crippen molar-refractivity contribution < 1.29 is 14.3 Å². The number of rotatable bonds is 5. The molecule has 21 heavy (non-hydrogen) atoms. The van der Waals surface area contributed by atoms with Gasteiger partial charge in [0.1, 0.15) is 5.82 Å². The number of hydrogen-bond donors (Lipinski definition) is 1. The van der Waals surface area contributed by atoms with Crippen molar-refractivity contribution in [2.45, 2.75) is 19.8 Å². The van der Waals surface area contributed by atoms with Gasteiger partial charge < -0.3 is 5.11 Å². The summed E-state index contributed by atoms with van der Waals surface area (Å²) < 4.78 is 13.3. The van der Waals surface area contributed by atoms with Crippen molar-refractivity contribution in [3.63, 3.8) is 0 Å². The maximum atomic E-state index is 13.3. The van der Waals surface area contributed by atoms with Crippen molar-refractivity contribution in [3.8, 4) is 0 Å². The SMILES string of the molecule is Cc1ccc(F)cc1CC(Cc1cccc(Cl)c1)C(=O)O. The van der Waals surface area contributed by atoms with Gasteiger partial charge in [-0.3, -0.25) is 4.79 Å². The fraction of sp³-hybridized carbons (Fsp3) is 0.235. The van der Waals surface area contributed by atoms with Gasteiger partial charge in [0.25, 0.3) is 0 Å². The van der Waals surface area contributed by atoms with Crippen LogP contribution < -0.4 is 0 Å². The lowest BCUT2D eigenvalue weighted by Gasteiger charge is -2.14. The lowest BCUT2D eigenvalue weighted by molar-refractivity contribution is -0.141. The summed E-state index contributed by atoms with van der Waals surface area (Å²) in [6.45, 7) is 1.85. The average molecular weight is 307 g/mol. The zero-order valence-electron chi connectivity index (χ0n) is 11.6. The number of hydrogen-bond acceptors (Lipinski definition) is 1. The van der Waals surface area contributed by atoms with E-state index in [1.807, 2.05) is 13.0 Å². The van der Waals surface area contributed by atoms with Gasteiger partial charge in [-0.25, -0.2) is 4.39 Å². The Hall–Kier alpha value is -1.87. The van der Waals surface area contributed by atoms with E-state index in [2.05, 4.69) is 0 Å². The molecule has 0 heterocycles. The lowest BCUT2D eigenvalue weighted by atomic mass is 9.91. The van der Waals surface area contributed by atoms with Gasteiger partial charge in [-0.05, 0) is 60.7 Å². The minimum atomic E-state index is -0.890. The van der Waals surface area contributed by atoms with Crippen LogP contribution in [0.2, 0.25) is 5.02 Å². The van der Waals surface area contributed by atoms with E-state index in [1.165, 1.54) is 12.1 Å². The van der Waals surface area contributed by atoms with E-state index in [1.54, 1.807) is 24.3 Å². The number of carboxylic acid groups (broad SMARTS) is 1. The molecule has 2 nitrogen and oxygen atoms in total. The van der Waals surface area contributed by atoms with Crippen molar-refractivity contribution in [2.75, 3.05) is 0 Å². The van der Waals surface area contributed by atoms with E-state index in [-0.39, 0.29) is 5.82 Å². The number of aliphatic carboxylic acids is 1. The molecule has 0 amide bonds. The van der Waals surface area contributed by atoms with E-state index >= 15 is 0 Å². The Morgan fingerprint density at radius 2 is 2.00 bits per heavy atom. The van der Waals surface area contributed by atoms with Crippen LogP contribution >= 0.6 is 11.6 Å². The highest BCUT2D eigenvalue weighted by Gasteiger charge is 2.20. The van der Waals surface area contributed by atoms with E-state index in [4.69, 9.17) is 11.6 Å². The molecule has 0 bridgehead atoms. The number of carboxylic acids is 1. The van der Waals surface area contributed by atoms with Crippen LogP contribution in [0.3, 0.4) is 0 Å². The molecule has 0 fully saturated rings. The molecule has 1 N–H and O–H groups in total. The third-order valence-corrected chi connectivity index (χ3v) is 3.73. The van der Waals surface area contributed by atoms with Gasteiger partial charge >= 0.3 is 5.97 Å². The molecule has 0 saturated heterocycles. The number of aryl methyl sites for hydroxylation is 1. The number of benzene rings is 2. The molecule has 0 aliphatic carbocycles. The fourth-order valence-electron chi connectivity index (χ4n) is 2.32. The Balaban J connectivity index is 2.20. The number of halogens is 2. The van der Waals surface area contributed by atoms with Crippen molar-refractivity contribution in [1.29, 1.82) is 0 Å². The molecule has 0 aliphatic heterocycles. The molecule has 0 spiro atoms. The molecule has 1 atom stereocenters. The van der Waals surface area contributed by atoms with Gasteiger partial charge in [0.15, 0.2) is 0 Å². The van der Waals surface area contributed by atoms with Crippen molar-refractivity contribution in [1.82, 2.24) is 0 Å². The molecule has 4 heteroatoms. The average Bonchev–Trinajstić information content (AvgIpc) is 2.42. The second kappa shape index (κ2) is 6.72. The summed E-state index contributed by atoms with van der Waals surface area (Å²) in [5, 5.41) is 9.98. The van der Waals surface area contributed by atoms with Crippen LogP contribution in [0.1, 0.15) is 16.7 Å². The second-order valence-electron chi connectivity index (χ2n) is 5.14. The van der Waals surface area contributed by atoms with E-state index < -0.39 is 11.9 Å². The van der Waals surface area contributed by atoms with Crippen LogP contribution in [0.5, 0.6) is 0 Å². The van der Waals surface area contributed by atoms with Crippen molar-refractivity contribution >= 4 is 17.6 Å². The van der Waals surface area contributed by atoms with Crippen molar-refractivity contribution in [3.05, 3.63) is 70.0 Å². The Bertz CT molecular complexity index is 655. The van der Waals surface area contributed by atoms with Gasteiger partial charge in [0.2, 0.25) is 0 Å². The topological polar surface area (TPSA) is 37.3 Å². The summed E-state index contributed by atoms with van der Waals surface area (Å²) >= 11 is 5.92. The Kier molecular flexibility index (Phi) is 4.97. The van der Waals surface area contributed by atoms with Gasteiger partial charge in [-0.2, -0.15) is 0 Å². The molecule has 1 unspecified atom stereocenters. The summed E-state index contributed by atoms with van der Waals surface area (Å²) in [5.41, 5.74) is 2.49. The van der Waals surface area contributed by atoms with Gasteiger partial charge in [-0.1, -0.05) is 29.8 Å². The quantitative estimate of drug-likeness (QED) is 0.895. The van der Waals surface area contributed by atoms with Crippen LogP contribution in [-0.2, 0) is 17.6 Å². The maximum Gasteiger partial charge on any atom is 0.307 e. The van der Waals surface area contributed by atoms with E-state index in [9.17, 15) is 14.3 Å². The zero-order chi connectivity index (χ0) is 15.4. The Morgan fingerprint density at radius 1 is 1.24 bits per heavy atom. The minimum absolute atomic E-state index is 0.297. The Morgan fingerprint density at radius 3 is 2.67 bits per heavy atom. The van der Waals surface area contributed by atoms with E-state index in [0.29, 0.717) is 17.9 Å². The van der Waals surface area contributed by atoms with Gasteiger partial charge in [0.05, 0.1) is 5.92 Å². The molecule has 110 valence electrons. The molecule has 2 aromatic rings. The summed E-state index contributed by atoms with van der Waals surface area (Å²) in [6.07, 6.45) is 0.664. The molecular weight excluding hydrogens is 291 g/mol. The predicted octanol–water partition coefficient (Wildman–Crippen LogP) is 4.27. The molecule has 2 aromatic carbocycles. The summed E-state index contributed by atoms with van der Waals surface area (Å²) in [5.74, 6) is -1.84. The fourth-order valence-corrected chi connectivity index (χ4v) is 2.53. The van der Waals surface area contributed by atoms with Crippen LogP contribution in [-0.4, -0.2) is 11.1 Å². The van der Waals surface area contributed by atoms with Crippen LogP contribution in [0.15, 0.2) is 42.5 Å². The first-order valence-corrected chi connectivity index (χ1v) is 7.06. The summed E-state index contributed by atoms with van der Waals surface area (Å²) in [7, 11) is 0. The lowest BCUT2D eigenvalue weighted by Crippen LogP contribution is -2.19. The third-order valence-electron chi connectivity index (χ3n) is 3.50. The first-order chi connectivity index (χ1) is 9.95. The molecular formula is C17H16ClFO2. The zero-order valence-corrected chi connectivity index (χ0v) is 12.4. The van der Waals surface area contributed by atoms with Crippen LogP contribution in [0, 0.1) is 18.7 Å². The highest BCUT2D eigenvalue weighted by atomic mass is 35.5. The highest BCUT2D eigenvalue weighted by Crippen LogP contribution is 2.20.